The standard InChI is InChI=1S/C25H22Cl2N2O3/c1-5-29-19-11-21-15(9-13(19)3)22(14-8-12(2)18(28-4)10-20(14)32-21)23-16(26)6-7-17(27)24(23)25(30)31/h6-11,29H,5H2,1-4H3,(H,30,31). The minimum absolute atomic E-state index is 0.0386. The van der Waals surface area contributed by atoms with Gasteiger partial charge in [-0.2, -0.15) is 0 Å². The SMILES string of the molecule is CCNc1cc2oc3cc(=NC)c(C)cc-3c(-c3c(Cl)ccc(Cl)c3C(=O)O)c2cc1C. The Kier molecular flexibility index (Phi) is 5.89. The van der Waals surface area contributed by atoms with Crippen molar-refractivity contribution in [3.63, 3.8) is 0 Å². The molecule has 1 heterocycles. The van der Waals surface area contributed by atoms with Gasteiger partial charge < -0.3 is 14.8 Å². The molecular formula is C25H22Cl2N2O3. The number of benzene rings is 3. The smallest absolute Gasteiger partial charge is 0.337 e. The molecule has 0 fully saturated rings. The van der Waals surface area contributed by atoms with E-state index in [1.54, 1.807) is 13.1 Å². The lowest BCUT2D eigenvalue weighted by Gasteiger charge is -2.20. The number of hydrogen-bond donors (Lipinski definition) is 2. The molecule has 2 aliphatic rings. The largest absolute Gasteiger partial charge is 0.478 e. The van der Waals surface area contributed by atoms with Gasteiger partial charge in [0.1, 0.15) is 11.3 Å². The molecule has 0 radical (unpaired) electrons. The number of anilines is 1. The quantitative estimate of drug-likeness (QED) is 0.323. The topological polar surface area (TPSA) is 74.8 Å². The number of nitrogens with one attached hydrogen (secondary N) is 1. The monoisotopic (exact) mass is 468 g/mol. The highest BCUT2D eigenvalue weighted by atomic mass is 35.5. The predicted octanol–water partition coefficient (Wildman–Crippen LogP) is 6.79. The number of carbonyl (C=O) groups is 1. The lowest BCUT2D eigenvalue weighted by molar-refractivity contribution is 0.0698. The maximum absolute atomic E-state index is 12.2. The Balaban J connectivity index is 2.28. The molecule has 0 bridgehead atoms. The van der Waals surface area contributed by atoms with Crippen LogP contribution in [0, 0.1) is 13.8 Å². The molecule has 0 atom stereocenters. The fourth-order valence-corrected chi connectivity index (χ4v) is 4.58. The highest BCUT2D eigenvalue weighted by Crippen LogP contribution is 2.46. The van der Waals surface area contributed by atoms with Crippen molar-refractivity contribution in [2.75, 3.05) is 18.9 Å². The fraction of sp³-hybridized carbons (Fsp3) is 0.200. The Bertz CT molecular complexity index is 1420. The minimum atomic E-state index is -1.15. The van der Waals surface area contributed by atoms with Crippen molar-refractivity contribution in [3.05, 3.63) is 68.5 Å². The van der Waals surface area contributed by atoms with E-state index in [0.717, 1.165) is 39.7 Å². The van der Waals surface area contributed by atoms with Crippen molar-refractivity contribution in [1.29, 1.82) is 0 Å². The van der Waals surface area contributed by atoms with Crippen LogP contribution in [0.1, 0.15) is 28.4 Å². The minimum Gasteiger partial charge on any atom is -0.478 e. The molecule has 0 amide bonds. The van der Waals surface area contributed by atoms with Crippen LogP contribution >= 0.6 is 23.2 Å². The van der Waals surface area contributed by atoms with Gasteiger partial charge in [0.2, 0.25) is 0 Å². The summed E-state index contributed by atoms with van der Waals surface area (Å²) in [5.74, 6) is -0.565. The zero-order chi connectivity index (χ0) is 23.2. The van der Waals surface area contributed by atoms with Crippen molar-refractivity contribution in [3.8, 4) is 22.5 Å². The van der Waals surface area contributed by atoms with Crippen LogP contribution in [0.15, 0.2) is 45.8 Å². The summed E-state index contributed by atoms with van der Waals surface area (Å²) in [4.78, 5) is 16.5. The first-order chi connectivity index (χ1) is 15.3. The number of carboxylic acids is 1. The van der Waals surface area contributed by atoms with E-state index in [-0.39, 0.29) is 10.6 Å². The molecule has 2 aromatic rings. The van der Waals surface area contributed by atoms with Crippen molar-refractivity contribution in [1.82, 2.24) is 0 Å². The molecule has 4 rings (SSSR count). The molecule has 1 aliphatic heterocycles. The van der Waals surface area contributed by atoms with Crippen molar-refractivity contribution in [2.45, 2.75) is 20.8 Å². The summed E-state index contributed by atoms with van der Waals surface area (Å²) >= 11 is 13.0. The maximum atomic E-state index is 12.2. The molecule has 0 saturated heterocycles. The predicted molar refractivity (Wildman–Crippen MR) is 130 cm³/mol. The number of carboxylic acid groups (broad SMARTS) is 1. The first kappa shape index (κ1) is 22.2. The van der Waals surface area contributed by atoms with E-state index < -0.39 is 5.97 Å². The van der Waals surface area contributed by atoms with Gasteiger partial charge in [0.15, 0.2) is 0 Å². The second-order valence-corrected chi connectivity index (χ2v) is 8.43. The first-order valence-electron chi connectivity index (χ1n) is 10.2. The summed E-state index contributed by atoms with van der Waals surface area (Å²) in [5.41, 5.74) is 5.23. The second-order valence-electron chi connectivity index (χ2n) is 7.61. The Morgan fingerprint density at radius 2 is 1.78 bits per heavy atom. The van der Waals surface area contributed by atoms with Crippen LogP contribution in [0.5, 0.6) is 0 Å². The maximum Gasteiger partial charge on any atom is 0.337 e. The molecular weight excluding hydrogens is 447 g/mol. The summed E-state index contributed by atoms with van der Waals surface area (Å²) < 4.78 is 6.29. The second kappa shape index (κ2) is 8.49. The van der Waals surface area contributed by atoms with Gasteiger partial charge in [-0.1, -0.05) is 23.2 Å². The third kappa shape index (κ3) is 3.61. The number of halogens is 2. The first-order valence-corrected chi connectivity index (χ1v) is 10.9. The van der Waals surface area contributed by atoms with E-state index in [4.69, 9.17) is 27.6 Å². The number of aromatic carboxylic acids is 1. The zero-order valence-electron chi connectivity index (χ0n) is 18.1. The van der Waals surface area contributed by atoms with Gasteiger partial charge in [-0.25, -0.2) is 4.79 Å². The van der Waals surface area contributed by atoms with Crippen molar-refractivity contribution in [2.24, 2.45) is 4.99 Å². The van der Waals surface area contributed by atoms with E-state index in [1.807, 2.05) is 45.0 Å². The zero-order valence-corrected chi connectivity index (χ0v) is 19.6. The molecule has 164 valence electrons. The third-order valence-corrected chi connectivity index (χ3v) is 6.19. The summed E-state index contributed by atoms with van der Waals surface area (Å²) in [6, 6.07) is 10.9. The number of aryl methyl sites for hydroxylation is 2. The Morgan fingerprint density at radius 1 is 1.06 bits per heavy atom. The molecule has 2 aromatic carbocycles. The fourth-order valence-electron chi connectivity index (χ4n) is 4.09. The van der Waals surface area contributed by atoms with Crippen molar-refractivity contribution >= 4 is 45.8 Å². The number of hydrogen-bond acceptors (Lipinski definition) is 4. The molecule has 0 unspecified atom stereocenters. The van der Waals surface area contributed by atoms with Gasteiger partial charge in [-0.15, -0.1) is 0 Å². The van der Waals surface area contributed by atoms with Crippen LogP contribution in [0.2, 0.25) is 10.0 Å². The van der Waals surface area contributed by atoms with Gasteiger partial charge in [0.25, 0.3) is 0 Å². The summed E-state index contributed by atoms with van der Waals surface area (Å²) in [6.07, 6.45) is 0. The average Bonchev–Trinajstić information content (AvgIpc) is 2.74. The normalized spacial score (nSPS) is 12.0. The van der Waals surface area contributed by atoms with Crippen LogP contribution in [0.3, 0.4) is 0 Å². The number of nitrogens with zero attached hydrogens (tertiary/aromatic N) is 1. The Morgan fingerprint density at radius 3 is 2.44 bits per heavy atom. The van der Waals surface area contributed by atoms with E-state index in [2.05, 4.69) is 10.3 Å². The highest BCUT2D eigenvalue weighted by molar-refractivity contribution is 6.39. The molecule has 0 aromatic heterocycles. The van der Waals surface area contributed by atoms with Crippen LogP contribution in [0.4, 0.5) is 5.69 Å². The van der Waals surface area contributed by atoms with E-state index in [9.17, 15) is 9.90 Å². The van der Waals surface area contributed by atoms with Crippen LogP contribution in [0.25, 0.3) is 33.4 Å². The Labute approximate surface area is 195 Å². The molecule has 0 saturated carbocycles. The van der Waals surface area contributed by atoms with Gasteiger partial charge in [-0.3, -0.25) is 4.99 Å². The van der Waals surface area contributed by atoms with E-state index in [0.29, 0.717) is 27.5 Å². The molecule has 0 spiro atoms. The summed E-state index contributed by atoms with van der Waals surface area (Å²) in [5, 5.41) is 15.3. The molecule has 7 heteroatoms. The van der Waals surface area contributed by atoms with Crippen LogP contribution in [-0.2, 0) is 0 Å². The molecule has 2 N–H and O–H groups in total. The van der Waals surface area contributed by atoms with E-state index in [1.165, 1.54) is 6.07 Å². The number of rotatable bonds is 4. The number of fused-ring (bicyclic) bond motifs is 2. The lowest BCUT2D eigenvalue weighted by Crippen LogP contribution is -2.09. The summed E-state index contributed by atoms with van der Waals surface area (Å²) in [6.45, 7) is 6.73. The van der Waals surface area contributed by atoms with Gasteiger partial charge in [0, 0.05) is 58.5 Å². The molecule has 5 nitrogen and oxygen atoms in total. The third-order valence-electron chi connectivity index (χ3n) is 5.56. The van der Waals surface area contributed by atoms with Crippen LogP contribution < -0.4 is 10.7 Å². The van der Waals surface area contributed by atoms with Crippen LogP contribution in [-0.4, -0.2) is 24.7 Å². The summed E-state index contributed by atoms with van der Waals surface area (Å²) in [7, 11) is 1.72. The molecule has 1 aliphatic carbocycles. The van der Waals surface area contributed by atoms with Gasteiger partial charge in [0.05, 0.1) is 15.9 Å². The van der Waals surface area contributed by atoms with Gasteiger partial charge >= 0.3 is 5.97 Å². The lowest BCUT2D eigenvalue weighted by atomic mass is 9.89. The van der Waals surface area contributed by atoms with Gasteiger partial charge in [-0.05, 0) is 56.2 Å². The Hall–Kier alpha value is -3.02. The highest BCUT2D eigenvalue weighted by Gasteiger charge is 2.26. The average molecular weight is 469 g/mol. The van der Waals surface area contributed by atoms with Crippen molar-refractivity contribution < 1.29 is 14.3 Å². The molecule has 32 heavy (non-hydrogen) atoms. The van der Waals surface area contributed by atoms with E-state index >= 15 is 0 Å².